The third-order valence-corrected chi connectivity index (χ3v) is 5.34. The minimum atomic E-state index is -0.695. The minimum absolute atomic E-state index is 0.288. The van der Waals surface area contributed by atoms with Crippen LogP contribution in [0.5, 0.6) is 0 Å². The Bertz CT molecular complexity index is 472. The van der Waals surface area contributed by atoms with Crippen LogP contribution >= 0.6 is 0 Å². The maximum Gasteiger partial charge on any atom is 0.303 e. The van der Waals surface area contributed by atoms with Crippen molar-refractivity contribution in [3.05, 3.63) is 0 Å². The zero-order valence-corrected chi connectivity index (χ0v) is 19.2. The van der Waals surface area contributed by atoms with E-state index in [0.29, 0.717) is 0 Å². The first-order valence-electron chi connectivity index (χ1n) is 12.4. The first-order chi connectivity index (χ1) is 14.3. The summed E-state index contributed by atoms with van der Waals surface area (Å²) in [5.74, 6) is 11.5. The fourth-order valence-corrected chi connectivity index (χ4v) is 3.46. The molecule has 0 saturated carbocycles. The lowest BCUT2D eigenvalue weighted by Gasteiger charge is -2.02. The first kappa shape index (κ1) is 27.6. The molecule has 29 heavy (non-hydrogen) atoms. The van der Waals surface area contributed by atoms with Crippen molar-refractivity contribution >= 4 is 5.97 Å². The van der Waals surface area contributed by atoms with Gasteiger partial charge < -0.3 is 5.11 Å². The lowest BCUT2D eigenvalue weighted by molar-refractivity contribution is -0.137. The molecular formula is C27H46O2. The van der Waals surface area contributed by atoms with Crippen LogP contribution in [0.3, 0.4) is 0 Å². The highest BCUT2D eigenvalue weighted by molar-refractivity contribution is 5.66. The number of aliphatic carboxylic acids is 1. The molecule has 0 aliphatic heterocycles. The molecule has 0 fully saturated rings. The molecule has 0 aromatic carbocycles. The zero-order chi connectivity index (χ0) is 21.3. The molecule has 2 nitrogen and oxygen atoms in total. The van der Waals surface area contributed by atoms with Crippen molar-refractivity contribution in [1.82, 2.24) is 0 Å². The Kier molecular flexibility index (Phi) is 23.4. The molecule has 0 aromatic rings. The van der Waals surface area contributed by atoms with Gasteiger partial charge in [-0.15, -0.1) is 0 Å². The summed E-state index contributed by atoms with van der Waals surface area (Å²) in [6, 6.07) is 0. The van der Waals surface area contributed by atoms with E-state index in [1.807, 2.05) is 0 Å². The molecule has 0 spiro atoms. The molecule has 0 unspecified atom stereocenters. The van der Waals surface area contributed by atoms with Gasteiger partial charge in [-0.1, -0.05) is 115 Å². The van der Waals surface area contributed by atoms with Gasteiger partial charge in [0.2, 0.25) is 0 Å². The Morgan fingerprint density at radius 1 is 0.552 bits per heavy atom. The van der Waals surface area contributed by atoms with Gasteiger partial charge in [-0.25, -0.2) is 0 Å². The average Bonchev–Trinajstić information content (AvgIpc) is 2.71. The Hall–Kier alpha value is -1.41. The highest BCUT2D eigenvalue weighted by Crippen LogP contribution is 2.13. The Labute approximate surface area is 181 Å². The second-order valence-electron chi connectivity index (χ2n) is 8.26. The van der Waals surface area contributed by atoms with Crippen LogP contribution in [-0.2, 0) is 4.79 Å². The molecule has 0 amide bonds. The first-order valence-corrected chi connectivity index (χ1v) is 12.4. The van der Waals surface area contributed by atoms with Crippen LogP contribution in [0.15, 0.2) is 0 Å². The van der Waals surface area contributed by atoms with Crippen molar-refractivity contribution in [3.8, 4) is 23.7 Å². The van der Waals surface area contributed by atoms with Gasteiger partial charge >= 0.3 is 5.97 Å². The minimum Gasteiger partial charge on any atom is -0.481 e. The number of hydrogen-bond donors (Lipinski definition) is 1. The molecule has 0 bridgehead atoms. The normalized spacial score (nSPS) is 10.1. The van der Waals surface area contributed by atoms with Gasteiger partial charge in [-0.05, 0) is 31.1 Å². The van der Waals surface area contributed by atoms with Crippen LogP contribution in [0.4, 0.5) is 0 Å². The van der Waals surface area contributed by atoms with E-state index in [9.17, 15) is 4.79 Å². The number of carboxylic acids is 1. The quantitative estimate of drug-likeness (QED) is 0.164. The Balaban J connectivity index is 3.21. The fraction of sp³-hybridized carbons (Fsp3) is 0.815. The summed E-state index contributed by atoms with van der Waals surface area (Å²) in [4.78, 5) is 10.4. The van der Waals surface area contributed by atoms with Gasteiger partial charge in [0.05, 0.1) is 0 Å². The Morgan fingerprint density at radius 2 is 0.897 bits per heavy atom. The lowest BCUT2D eigenvalue weighted by Crippen LogP contribution is -1.93. The Morgan fingerprint density at radius 3 is 1.28 bits per heavy atom. The maximum absolute atomic E-state index is 10.4. The van der Waals surface area contributed by atoms with Crippen LogP contribution in [0.25, 0.3) is 0 Å². The number of carboxylic acid groups (broad SMARTS) is 1. The van der Waals surface area contributed by atoms with Crippen LogP contribution in [0, 0.1) is 23.7 Å². The standard InChI is InChI=1S/C27H46O2/c1-2-3-4-5-6-7-8-9-10-11-12-13-14-15-16-17-18-19-20-21-22-23-24-25-26-27(28)29/h2-16,21-26H2,1H3,(H,28,29). The monoisotopic (exact) mass is 402 g/mol. The molecule has 0 heterocycles. The number of unbranched alkanes of at least 4 members (excludes halogenated alkanes) is 18. The summed E-state index contributed by atoms with van der Waals surface area (Å²) >= 11 is 0. The maximum atomic E-state index is 10.4. The van der Waals surface area contributed by atoms with Crippen molar-refractivity contribution in [2.45, 2.75) is 142 Å². The molecule has 0 aliphatic rings. The summed E-state index contributed by atoms with van der Waals surface area (Å²) in [6.07, 6.45) is 25.5. The van der Waals surface area contributed by atoms with Gasteiger partial charge in [0, 0.05) is 19.3 Å². The van der Waals surface area contributed by atoms with E-state index in [-0.39, 0.29) is 6.42 Å². The highest BCUT2D eigenvalue weighted by atomic mass is 16.4. The van der Waals surface area contributed by atoms with Gasteiger partial charge in [-0.3, -0.25) is 4.79 Å². The summed E-state index contributed by atoms with van der Waals surface area (Å²) in [5.41, 5.74) is 0. The fourth-order valence-electron chi connectivity index (χ4n) is 3.46. The molecule has 0 atom stereocenters. The van der Waals surface area contributed by atoms with Crippen molar-refractivity contribution in [1.29, 1.82) is 0 Å². The predicted octanol–water partition coefficient (Wildman–Crippen LogP) is 8.29. The molecular weight excluding hydrogens is 356 g/mol. The van der Waals surface area contributed by atoms with Crippen molar-refractivity contribution in [3.63, 3.8) is 0 Å². The van der Waals surface area contributed by atoms with Crippen LogP contribution in [0.2, 0.25) is 0 Å². The summed E-state index contributed by atoms with van der Waals surface area (Å²) in [6.45, 7) is 2.28. The van der Waals surface area contributed by atoms with Gasteiger partial charge in [0.1, 0.15) is 0 Å². The summed E-state index contributed by atoms with van der Waals surface area (Å²) < 4.78 is 0. The van der Waals surface area contributed by atoms with Crippen molar-refractivity contribution in [2.24, 2.45) is 0 Å². The van der Waals surface area contributed by atoms with Crippen LogP contribution in [-0.4, -0.2) is 11.1 Å². The average molecular weight is 403 g/mol. The SMILES string of the molecule is CCCCCCCCCCCCCCCCC#CC#CCCCCCCC(=O)O. The third-order valence-electron chi connectivity index (χ3n) is 5.34. The largest absolute Gasteiger partial charge is 0.481 e. The van der Waals surface area contributed by atoms with Gasteiger partial charge in [0.15, 0.2) is 0 Å². The molecule has 0 radical (unpaired) electrons. The second-order valence-corrected chi connectivity index (χ2v) is 8.26. The van der Waals surface area contributed by atoms with Crippen LogP contribution < -0.4 is 0 Å². The van der Waals surface area contributed by atoms with E-state index in [4.69, 9.17) is 5.11 Å². The molecule has 2 heteroatoms. The van der Waals surface area contributed by atoms with E-state index in [1.54, 1.807) is 0 Å². The van der Waals surface area contributed by atoms with E-state index in [1.165, 1.54) is 89.9 Å². The third kappa shape index (κ3) is 26.6. The number of rotatable bonds is 20. The summed E-state index contributed by atoms with van der Waals surface area (Å²) in [7, 11) is 0. The molecule has 0 rings (SSSR count). The van der Waals surface area contributed by atoms with E-state index in [0.717, 1.165) is 38.5 Å². The van der Waals surface area contributed by atoms with Crippen molar-refractivity contribution < 1.29 is 9.90 Å². The number of hydrogen-bond acceptors (Lipinski definition) is 1. The molecule has 0 aliphatic carbocycles. The van der Waals surface area contributed by atoms with Crippen molar-refractivity contribution in [2.75, 3.05) is 0 Å². The van der Waals surface area contributed by atoms with E-state index >= 15 is 0 Å². The lowest BCUT2D eigenvalue weighted by atomic mass is 10.0. The molecule has 1 N–H and O–H groups in total. The topological polar surface area (TPSA) is 37.3 Å². The van der Waals surface area contributed by atoms with E-state index in [2.05, 4.69) is 30.6 Å². The van der Waals surface area contributed by atoms with Gasteiger partial charge in [0.25, 0.3) is 0 Å². The zero-order valence-electron chi connectivity index (χ0n) is 19.2. The van der Waals surface area contributed by atoms with E-state index < -0.39 is 5.97 Å². The summed E-state index contributed by atoms with van der Waals surface area (Å²) in [5, 5.41) is 8.55. The molecule has 0 aromatic heterocycles. The van der Waals surface area contributed by atoms with Gasteiger partial charge in [-0.2, -0.15) is 0 Å². The smallest absolute Gasteiger partial charge is 0.303 e. The molecule has 166 valence electrons. The molecule has 0 saturated heterocycles. The second kappa shape index (κ2) is 24.6. The highest BCUT2D eigenvalue weighted by Gasteiger charge is 1.95. The van der Waals surface area contributed by atoms with Crippen LogP contribution in [0.1, 0.15) is 142 Å². The number of carbonyl (C=O) groups is 1. The predicted molar refractivity (Wildman–Crippen MR) is 126 cm³/mol.